The maximum Gasteiger partial charge on any atom is 0.243 e. The van der Waals surface area contributed by atoms with Crippen LogP contribution in [0.1, 0.15) is 23.2 Å². The average Bonchev–Trinajstić information content (AvgIpc) is 3.52. The number of para-hydroxylation sites is 2. The Morgan fingerprint density at radius 1 is 0.971 bits per heavy atom. The first-order chi connectivity index (χ1) is 16.6. The van der Waals surface area contributed by atoms with Crippen molar-refractivity contribution in [2.75, 3.05) is 17.6 Å². The minimum absolute atomic E-state index is 0.0908. The van der Waals surface area contributed by atoms with Crippen molar-refractivity contribution in [3.63, 3.8) is 0 Å². The lowest BCUT2D eigenvalue weighted by Crippen LogP contribution is -2.34. The van der Waals surface area contributed by atoms with Crippen LogP contribution in [0.15, 0.2) is 77.3 Å². The number of carbonyl (C=O) groups excluding carboxylic acids is 2. The molecule has 0 radical (unpaired) electrons. The lowest BCUT2D eigenvalue weighted by Gasteiger charge is -2.11. The molecule has 0 saturated heterocycles. The van der Waals surface area contributed by atoms with Gasteiger partial charge in [0.15, 0.2) is 5.16 Å². The summed E-state index contributed by atoms with van der Waals surface area (Å²) in [5.74, 6) is 0.435. The molecule has 0 bridgehead atoms. The summed E-state index contributed by atoms with van der Waals surface area (Å²) >= 11 is 2.97. The summed E-state index contributed by atoms with van der Waals surface area (Å²) in [6, 6.07) is 21.6. The number of carbonyl (C=O) groups is 2. The van der Waals surface area contributed by atoms with Gasteiger partial charge in [-0.3, -0.25) is 14.2 Å². The van der Waals surface area contributed by atoms with Crippen molar-refractivity contribution in [2.24, 2.45) is 0 Å². The summed E-state index contributed by atoms with van der Waals surface area (Å²) < 4.78 is 1.98. The van der Waals surface area contributed by atoms with Gasteiger partial charge in [0.2, 0.25) is 11.8 Å². The molecule has 2 amide bonds. The zero-order valence-corrected chi connectivity index (χ0v) is 20.4. The van der Waals surface area contributed by atoms with Crippen LogP contribution in [0.2, 0.25) is 0 Å². The van der Waals surface area contributed by atoms with Crippen LogP contribution in [0.25, 0.3) is 5.69 Å². The summed E-state index contributed by atoms with van der Waals surface area (Å²) in [5, 5.41) is 16.9. The van der Waals surface area contributed by atoms with E-state index in [0.717, 1.165) is 29.2 Å². The second-order valence-corrected chi connectivity index (χ2v) is 9.42. The molecule has 0 fully saturated rings. The fourth-order valence-electron chi connectivity index (χ4n) is 3.42. The SMILES string of the molecule is CCc1ccccc1NC(=O)CNC(=O)CSc1nnc(Cc2cccs2)n1-c1ccccc1. The summed E-state index contributed by atoms with van der Waals surface area (Å²) in [7, 11) is 0. The van der Waals surface area contributed by atoms with Crippen LogP contribution in [0.3, 0.4) is 0 Å². The molecule has 2 heterocycles. The zero-order valence-electron chi connectivity index (χ0n) is 18.7. The number of aryl methyl sites for hydroxylation is 1. The highest BCUT2D eigenvalue weighted by atomic mass is 32.2. The molecule has 0 aliphatic rings. The molecule has 174 valence electrons. The molecule has 2 N–H and O–H groups in total. The number of benzene rings is 2. The number of nitrogens with zero attached hydrogens (tertiary/aromatic N) is 3. The van der Waals surface area contributed by atoms with Crippen LogP contribution < -0.4 is 10.6 Å². The molecule has 0 atom stereocenters. The molecule has 4 aromatic rings. The Morgan fingerprint density at radius 3 is 2.53 bits per heavy atom. The number of anilines is 1. The Hall–Kier alpha value is -3.43. The van der Waals surface area contributed by atoms with Crippen LogP contribution in [0.4, 0.5) is 5.69 Å². The van der Waals surface area contributed by atoms with Gasteiger partial charge < -0.3 is 10.6 Å². The van der Waals surface area contributed by atoms with E-state index in [4.69, 9.17) is 0 Å². The third kappa shape index (κ3) is 6.12. The van der Waals surface area contributed by atoms with Crippen molar-refractivity contribution in [3.8, 4) is 5.69 Å². The molecule has 2 aromatic carbocycles. The first kappa shape index (κ1) is 23.7. The minimum atomic E-state index is -0.259. The van der Waals surface area contributed by atoms with E-state index < -0.39 is 0 Å². The Balaban J connectivity index is 1.37. The van der Waals surface area contributed by atoms with Gasteiger partial charge in [0, 0.05) is 22.7 Å². The molecule has 0 unspecified atom stereocenters. The molecular formula is C25H25N5O2S2. The van der Waals surface area contributed by atoms with Gasteiger partial charge in [-0.2, -0.15) is 0 Å². The molecule has 2 aromatic heterocycles. The molecule has 0 aliphatic carbocycles. The fraction of sp³-hybridized carbons (Fsp3) is 0.200. The summed E-state index contributed by atoms with van der Waals surface area (Å²) in [4.78, 5) is 25.9. The largest absolute Gasteiger partial charge is 0.346 e. The lowest BCUT2D eigenvalue weighted by molar-refractivity contribution is -0.122. The van der Waals surface area contributed by atoms with Crippen molar-refractivity contribution in [1.82, 2.24) is 20.1 Å². The predicted molar refractivity (Wildman–Crippen MR) is 137 cm³/mol. The zero-order chi connectivity index (χ0) is 23.8. The van der Waals surface area contributed by atoms with Crippen molar-refractivity contribution in [2.45, 2.75) is 24.9 Å². The monoisotopic (exact) mass is 491 g/mol. The van der Waals surface area contributed by atoms with Crippen LogP contribution in [0.5, 0.6) is 0 Å². The van der Waals surface area contributed by atoms with Gasteiger partial charge in [0.25, 0.3) is 0 Å². The van der Waals surface area contributed by atoms with E-state index in [1.807, 2.05) is 77.5 Å². The second kappa shape index (κ2) is 11.6. The highest BCUT2D eigenvalue weighted by molar-refractivity contribution is 7.99. The second-order valence-electron chi connectivity index (χ2n) is 7.45. The first-order valence-corrected chi connectivity index (χ1v) is 12.8. The predicted octanol–water partition coefficient (Wildman–Crippen LogP) is 4.33. The Labute approximate surface area is 206 Å². The van der Waals surface area contributed by atoms with Gasteiger partial charge in [-0.1, -0.05) is 61.2 Å². The highest BCUT2D eigenvalue weighted by Crippen LogP contribution is 2.24. The Bertz CT molecular complexity index is 1240. The van der Waals surface area contributed by atoms with Crippen LogP contribution in [-0.2, 0) is 22.4 Å². The molecule has 34 heavy (non-hydrogen) atoms. The lowest BCUT2D eigenvalue weighted by atomic mass is 10.1. The minimum Gasteiger partial charge on any atom is -0.346 e. The molecule has 9 heteroatoms. The van der Waals surface area contributed by atoms with E-state index >= 15 is 0 Å². The number of amides is 2. The third-order valence-corrected chi connectivity index (χ3v) is 6.88. The molecule has 0 aliphatic heterocycles. The number of aromatic nitrogens is 3. The topological polar surface area (TPSA) is 88.9 Å². The number of nitrogens with one attached hydrogen (secondary N) is 2. The van der Waals surface area contributed by atoms with E-state index in [1.54, 1.807) is 11.3 Å². The van der Waals surface area contributed by atoms with Gasteiger partial charge >= 0.3 is 0 Å². The third-order valence-electron chi connectivity index (χ3n) is 5.08. The van der Waals surface area contributed by atoms with Crippen LogP contribution in [-0.4, -0.2) is 38.9 Å². The van der Waals surface area contributed by atoms with Crippen molar-refractivity contribution in [3.05, 3.63) is 88.4 Å². The summed E-state index contributed by atoms with van der Waals surface area (Å²) in [6.45, 7) is 1.94. The molecular weight excluding hydrogens is 466 g/mol. The number of hydrogen-bond acceptors (Lipinski definition) is 6. The molecule has 4 rings (SSSR count). The fourth-order valence-corrected chi connectivity index (χ4v) is 4.92. The summed E-state index contributed by atoms with van der Waals surface area (Å²) in [5.41, 5.74) is 2.76. The molecule has 7 nitrogen and oxygen atoms in total. The highest BCUT2D eigenvalue weighted by Gasteiger charge is 2.17. The van der Waals surface area contributed by atoms with Gasteiger partial charge in [0.05, 0.1) is 12.3 Å². The Kier molecular flexibility index (Phi) is 8.11. The first-order valence-electron chi connectivity index (χ1n) is 10.9. The van der Waals surface area contributed by atoms with E-state index in [0.29, 0.717) is 11.6 Å². The van der Waals surface area contributed by atoms with Gasteiger partial charge in [-0.15, -0.1) is 21.5 Å². The van der Waals surface area contributed by atoms with Crippen LogP contribution in [0, 0.1) is 0 Å². The average molecular weight is 492 g/mol. The molecule has 0 saturated carbocycles. The summed E-state index contributed by atoms with van der Waals surface area (Å²) in [6.07, 6.45) is 1.47. The quantitative estimate of drug-likeness (QED) is 0.322. The van der Waals surface area contributed by atoms with Gasteiger partial charge in [0.1, 0.15) is 5.82 Å². The normalized spacial score (nSPS) is 10.7. The van der Waals surface area contributed by atoms with E-state index in [2.05, 4.69) is 26.9 Å². The number of hydrogen-bond donors (Lipinski definition) is 2. The molecule has 0 spiro atoms. The van der Waals surface area contributed by atoms with Crippen molar-refractivity contribution >= 4 is 40.6 Å². The van der Waals surface area contributed by atoms with Crippen LogP contribution >= 0.6 is 23.1 Å². The van der Waals surface area contributed by atoms with E-state index in [-0.39, 0.29) is 24.1 Å². The number of rotatable bonds is 10. The number of thioether (sulfide) groups is 1. The van der Waals surface area contributed by atoms with Gasteiger partial charge in [-0.05, 0) is 41.6 Å². The van der Waals surface area contributed by atoms with Crippen molar-refractivity contribution in [1.29, 1.82) is 0 Å². The number of thiophene rings is 1. The smallest absolute Gasteiger partial charge is 0.243 e. The van der Waals surface area contributed by atoms with E-state index in [1.165, 1.54) is 16.6 Å². The van der Waals surface area contributed by atoms with E-state index in [9.17, 15) is 9.59 Å². The maximum absolute atomic E-state index is 12.4. The maximum atomic E-state index is 12.4. The Morgan fingerprint density at radius 2 is 1.76 bits per heavy atom. The standard InChI is InChI=1S/C25H25N5O2S2/c1-2-18-9-6-7-13-21(18)27-23(31)16-26-24(32)17-34-25-29-28-22(15-20-12-8-14-33-20)30(25)19-10-4-3-5-11-19/h3-14H,2,15-17H2,1H3,(H,26,32)(H,27,31). The van der Waals surface area contributed by atoms with Gasteiger partial charge in [-0.25, -0.2) is 0 Å². The van der Waals surface area contributed by atoms with Crippen molar-refractivity contribution < 1.29 is 9.59 Å².